The molecule has 13 heteroatoms. The SMILES string of the molecule is Cc1nnc(SCC2=C(C(=O)O)N(N=O)[C@@H]([C@H](N)C(=O)O)SC2)s1. The van der Waals surface area contributed by atoms with Crippen molar-refractivity contribution < 1.29 is 19.8 Å². The average Bonchev–Trinajstić information content (AvgIpc) is 2.96. The average molecular weight is 391 g/mol. The molecule has 10 nitrogen and oxygen atoms in total. The highest BCUT2D eigenvalue weighted by Crippen LogP contribution is 2.35. The third-order valence-electron chi connectivity index (χ3n) is 2.99. The van der Waals surface area contributed by atoms with Crippen LogP contribution in [0.2, 0.25) is 0 Å². The maximum absolute atomic E-state index is 11.6. The van der Waals surface area contributed by atoms with E-state index in [4.69, 9.17) is 10.8 Å². The van der Waals surface area contributed by atoms with Gasteiger partial charge in [-0.25, -0.2) is 9.80 Å². The Morgan fingerprint density at radius 2 is 2.21 bits per heavy atom. The molecule has 2 atom stereocenters. The molecule has 0 amide bonds. The lowest BCUT2D eigenvalue weighted by atomic mass is 10.2. The predicted molar refractivity (Wildman–Crippen MR) is 89.5 cm³/mol. The van der Waals surface area contributed by atoms with Crippen LogP contribution in [0, 0.1) is 11.8 Å². The quantitative estimate of drug-likeness (QED) is 0.444. The van der Waals surface area contributed by atoms with Crippen LogP contribution < -0.4 is 5.73 Å². The maximum atomic E-state index is 11.6. The van der Waals surface area contributed by atoms with Crippen LogP contribution >= 0.6 is 34.9 Å². The Hall–Kier alpha value is -1.70. The van der Waals surface area contributed by atoms with Gasteiger partial charge in [0.25, 0.3) is 0 Å². The van der Waals surface area contributed by atoms with Gasteiger partial charge in [0.1, 0.15) is 22.1 Å². The van der Waals surface area contributed by atoms with E-state index in [1.807, 2.05) is 0 Å². The first-order valence-electron chi connectivity index (χ1n) is 6.45. The zero-order valence-corrected chi connectivity index (χ0v) is 14.7. The Kier molecular flexibility index (Phi) is 6.15. The van der Waals surface area contributed by atoms with E-state index < -0.39 is 23.4 Å². The first-order chi connectivity index (χ1) is 11.3. The van der Waals surface area contributed by atoms with Crippen molar-refractivity contribution in [2.24, 2.45) is 11.0 Å². The van der Waals surface area contributed by atoms with Crippen LogP contribution in [-0.4, -0.2) is 60.3 Å². The Morgan fingerprint density at radius 3 is 2.71 bits per heavy atom. The highest BCUT2D eigenvalue weighted by molar-refractivity contribution is 8.01. The van der Waals surface area contributed by atoms with Crippen LogP contribution in [-0.2, 0) is 9.59 Å². The second-order valence-electron chi connectivity index (χ2n) is 4.62. The normalized spacial score (nSPS) is 19.2. The summed E-state index contributed by atoms with van der Waals surface area (Å²) in [6.07, 6.45) is 0. The van der Waals surface area contributed by atoms with Gasteiger partial charge in [0.2, 0.25) is 0 Å². The van der Waals surface area contributed by atoms with Gasteiger partial charge >= 0.3 is 11.9 Å². The molecule has 1 aromatic rings. The van der Waals surface area contributed by atoms with Crippen LogP contribution in [0.4, 0.5) is 0 Å². The van der Waals surface area contributed by atoms with Gasteiger partial charge in [-0.2, -0.15) is 0 Å². The molecular formula is C11H13N5O5S3. The first kappa shape index (κ1) is 18.6. The molecule has 130 valence electrons. The fourth-order valence-electron chi connectivity index (χ4n) is 1.92. The lowest BCUT2D eigenvalue weighted by Gasteiger charge is -2.33. The van der Waals surface area contributed by atoms with Crippen LogP contribution in [0.1, 0.15) is 5.01 Å². The van der Waals surface area contributed by atoms with Crippen molar-refractivity contribution in [1.29, 1.82) is 0 Å². The van der Waals surface area contributed by atoms with Crippen molar-refractivity contribution in [1.82, 2.24) is 15.2 Å². The molecule has 0 bridgehead atoms. The number of thioether (sulfide) groups is 2. The summed E-state index contributed by atoms with van der Waals surface area (Å²) in [4.78, 5) is 33.7. The first-order valence-corrected chi connectivity index (χ1v) is 9.31. The number of rotatable bonds is 7. The fourth-order valence-corrected chi connectivity index (χ4v) is 5.10. The lowest BCUT2D eigenvalue weighted by molar-refractivity contribution is -0.140. The number of aliphatic carboxylic acids is 2. The summed E-state index contributed by atoms with van der Waals surface area (Å²) in [5, 5.41) is 29.3. The molecule has 1 aliphatic rings. The zero-order valence-electron chi connectivity index (χ0n) is 12.3. The maximum Gasteiger partial charge on any atom is 0.354 e. The Balaban J connectivity index is 2.26. The zero-order chi connectivity index (χ0) is 17.9. The molecule has 0 unspecified atom stereocenters. The van der Waals surface area contributed by atoms with Crippen molar-refractivity contribution in [2.75, 3.05) is 11.5 Å². The fraction of sp³-hybridized carbons (Fsp3) is 0.455. The van der Waals surface area contributed by atoms with E-state index in [0.29, 0.717) is 14.9 Å². The van der Waals surface area contributed by atoms with E-state index in [1.54, 1.807) is 6.92 Å². The van der Waals surface area contributed by atoms with E-state index in [1.165, 1.54) is 23.1 Å². The van der Waals surface area contributed by atoms with Gasteiger partial charge in [0.05, 0.1) is 5.29 Å². The van der Waals surface area contributed by atoms with E-state index in [2.05, 4.69) is 15.5 Å². The molecule has 0 radical (unpaired) electrons. The number of nitroso groups, excluding NO2 is 1. The molecule has 0 aliphatic carbocycles. The van der Waals surface area contributed by atoms with Crippen molar-refractivity contribution in [3.05, 3.63) is 21.2 Å². The van der Waals surface area contributed by atoms with Crippen molar-refractivity contribution in [2.45, 2.75) is 22.7 Å². The summed E-state index contributed by atoms with van der Waals surface area (Å²) in [6, 6.07) is -1.44. The minimum absolute atomic E-state index is 0.226. The summed E-state index contributed by atoms with van der Waals surface area (Å²) < 4.78 is 0.671. The number of nitrogens with zero attached hydrogens (tertiary/aromatic N) is 4. The molecule has 2 heterocycles. The van der Waals surface area contributed by atoms with E-state index in [-0.39, 0.29) is 17.2 Å². The summed E-state index contributed by atoms with van der Waals surface area (Å²) >= 11 is 3.72. The topological polar surface area (TPSA) is 159 Å². The third-order valence-corrected chi connectivity index (χ3v) is 6.40. The minimum atomic E-state index is -1.44. The smallest absolute Gasteiger partial charge is 0.354 e. The van der Waals surface area contributed by atoms with Gasteiger partial charge in [0.15, 0.2) is 4.34 Å². The number of aromatic nitrogens is 2. The van der Waals surface area contributed by atoms with Gasteiger partial charge in [-0.05, 0) is 12.5 Å². The largest absolute Gasteiger partial charge is 0.480 e. The number of carboxylic acid groups (broad SMARTS) is 2. The number of hydrogen-bond acceptors (Lipinski definition) is 10. The predicted octanol–water partition coefficient (Wildman–Crippen LogP) is 0.746. The minimum Gasteiger partial charge on any atom is -0.480 e. The number of hydrogen-bond donors (Lipinski definition) is 3. The molecule has 0 saturated carbocycles. The number of aryl methyl sites for hydroxylation is 1. The number of carboxylic acids is 2. The van der Waals surface area contributed by atoms with Crippen LogP contribution in [0.25, 0.3) is 0 Å². The van der Waals surface area contributed by atoms with Crippen LogP contribution in [0.3, 0.4) is 0 Å². The molecular weight excluding hydrogens is 378 g/mol. The second-order valence-corrected chi connectivity index (χ2v) is 8.13. The highest BCUT2D eigenvalue weighted by Gasteiger charge is 2.40. The number of carbonyl (C=O) groups is 2. The summed E-state index contributed by atoms with van der Waals surface area (Å²) in [5.41, 5.74) is 5.64. The van der Waals surface area contributed by atoms with Crippen LogP contribution in [0.15, 0.2) is 20.9 Å². The van der Waals surface area contributed by atoms with Gasteiger partial charge in [-0.3, -0.25) is 4.79 Å². The molecule has 1 aliphatic heterocycles. The summed E-state index contributed by atoms with van der Waals surface area (Å²) in [6.45, 7) is 1.80. The Morgan fingerprint density at radius 1 is 1.50 bits per heavy atom. The van der Waals surface area contributed by atoms with Crippen molar-refractivity contribution >= 4 is 46.8 Å². The Bertz CT molecular complexity index is 693. The van der Waals surface area contributed by atoms with Gasteiger partial charge in [-0.1, -0.05) is 23.1 Å². The Labute approximate surface area is 148 Å². The van der Waals surface area contributed by atoms with E-state index in [9.17, 15) is 19.6 Å². The second kappa shape index (κ2) is 7.92. The molecule has 0 fully saturated rings. The molecule has 24 heavy (non-hydrogen) atoms. The van der Waals surface area contributed by atoms with E-state index in [0.717, 1.165) is 16.8 Å². The van der Waals surface area contributed by atoms with Crippen LogP contribution in [0.5, 0.6) is 0 Å². The van der Waals surface area contributed by atoms with E-state index >= 15 is 0 Å². The molecule has 1 aromatic heterocycles. The third kappa shape index (κ3) is 4.03. The monoisotopic (exact) mass is 391 g/mol. The van der Waals surface area contributed by atoms with Gasteiger partial charge in [0, 0.05) is 11.5 Å². The summed E-state index contributed by atoms with van der Waals surface area (Å²) in [5.74, 6) is -2.21. The standard InChI is InChI=1S/C11H13N5O5S3/c1-4-13-14-11(24-4)23-3-5-2-22-8(6(12)9(17)18)16(15-21)7(5)10(19)20/h6,8H,2-3,12H2,1H3,(H,17,18)(H,19,20)/t6-,8+/m0/s1. The van der Waals surface area contributed by atoms with Crippen molar-refractivity contribution in [3.8, 4) is 0 Å². The molecule has 0 spiro atoms. The highest BCUT2D eigenvalue weighted by atomic mass is 32.2. The molecule has 0 aromatic carbocycles. The molecule has 2 rings (SSSR count). The lowest BCUT2D eigenvalue weighted by Crippen LogP contribution is -2.50. The molecule has 4 N–H and O–H groups in total. The summed E-state index contributed by atoms with van der Waals surface area (Å²) in [7, 11) is 0. The van der Waals surface area contributed by atoms with Gasteiger partial charge < -0.3 is 15.9 Å². The van der Waals surface area contributed by atoms with Gasteiger partial charge in [-0.15, -0.1) is 26.9 Å². The van der Waals surface area contributed by atoms with Crippen molar-refractivity contribution in [3.63, 3.8) is 0 Å². The number of nitrogens with two attached hydrogens (primary N) is 1. The molecule has 0 saturated heterocycles.